The second-order valence-corrected chi connectivity index (χ2v) is 10.3. The highest BCUT2D eigenvalue weighted by molar-refractivity contribution is 7.92. The number of carbonyl (C=O) groups is 2. The smallest absolute Gasteiger partial charge is 0.256 e. The second-order valence-electron chi connectivity index (χ2n) is 8.29. The lowest BCUT2D eigenvalue weighted by molar-refractivity contribution is -0.114. The van der Waals surface area contributed by atoms with Crippen LogP contribution >= 0.6 is 0 Å². The number of benzene rings is 1. The second kappa shape index (κ2) is 7.67. The molecule has 0 radical (unpaired) electrons. The first kappa shape index (κ1) is 21.4. The lowest BCUT2D eigenvalue weighted by Crippen LogP contribution is -2.35. The van der Waals surface area contributed by atoms with Crippen LogP contribution in [0.3, 0.4) is 0 Å². The molecule has 1 saturated carbocycles. The molecule has 2 N–H and O–H groups in total. The van der Waals surface area contributed by atoms with Gasteiger partial charge in [-0.15, -0.1) is 0 Å². The first-order chi connectivity index (χ1) is 14.6. The number of hydrogen-bond donors (Lipinski definition) is 2. The van der Waals surface area contributed by atoms with Gasteiger partial charge in [0.1, 0.15) is 0 Å². The third kappa shape index (κ3) is 4.16. The number of aryl methyl sites for hydroxylation is 1. The van der Waals surface area contributed by atoms with Crippen molar-refractivity contribution in [3.8, 4) is 11.3 Å². The van der Waals surface area contributed by atoms with Gasteiger partial charge in [0.2, 0.25) is 15.9 Å². The molecule has 0 spiro atoms. The predicted molar refractivity (Wildman–Crippen MR) is 118 cm³/mol. The molecule has 2 aliphatic rings. The van der Waals surface area contributed by atoms with Crippen LogP contribution in [0.15, 0.2) is 18.2 Å². The standard InChI is InChI=1S/C21H27N5O4S/c1-5-31(29,30)24-17-9-15(18-10-19(22-13(3)27)23-25(18)4)8-16-11-26(21(28)20(16)17)12(2)14-6-7-14/h8-10,12,14,24H,5-7,11H2,1-4H3,(H,22,23,27)/t12-/m0/s1. The van der Waals surface area contributed by atoms with E-state index < -0.39 is 10.0 Å². The van der Waals surface area contributed by atoms with Crippen LogP contribution < -0.4 is 10.0 Å². The number of nitrogens with one attached hydrogen (secondary N) is 2. The highest BCUT2D eigenvalue weighted by Crippen LogP contribution is 2.41. The Balaban J connectivity index is 1.79. The van der Waals surface area contributed by atoms with E-state index in [0.29, 0.717) is 35.1 Å². The highest BCUT2D eigenvalue weighted by Gasteiger charge is 2.40. The normalized spacial score (nSPS) is 16.9. The fourth-order valence-corrected chi connectivity index (χ4v) is 4.73. The lowest BCUT2D eigenvalue weighted by Gasteiger charge is -2.24. The van der Waals surface area contributed by atoms with Crippen molar-refractivity contribution in [2.75, 3.05) is 15.8 Å². The Kier molecular flexibility index (Phi) is 5.28. The van der Waals surface area contributed by atoms with E-state index in [-0.39, 0.29) is 29.3 Å². The highest BCUT2D eigenvalue weighted by atomic mass is 32.2. The molecule has 1 atom stereocenters. The summed E-state index contributed by atoms with van der Waals surface area (Å²) in [6, 6.07) is 5.42. The number of sulfonamides is 1. The van der Waals surface area contributed by atoms with E-state index in [4.69, 9.17) is 0 Å². The Morgan fingerprint density at radius 2 is 2.00 bits per heavy atom. The van der Waals surface area contributed by atoms with E-state index in [0.717, 1.165) is 18.4 Å². The molecule has 1 fully saturated rings. The van der Waals surface area contributed by atoms with Crippen molar-refractivity contribution < 1.29 is 18.0 Å². The van der Waals surface area contributed by atoms with Crippen molar-refractivity contribution in [1.82, 2.24) is 14.7 Å². The average molecular weight is 446 g/mol. The Labute approximate surface area is 181 Å². The molecular weight excluding hydrogens is 418 g/mol. The summed E-state index contributed by atoms with van der Waals surface area (Å²) >= 11 is 0. The minimum Gasteiger partial charge on any atom is -0.331 e. The van der Waals surface area contributed by atoms with E-state index >= 15 is 0 Å². The van der Waals surface area contributed by atoms with Gasteiger partial charge < -0.3 is 10.2 Å². The van der Waals surface area contributed by atoms with E-state index in [1.54, 1.807) is 30.8 Å². The first-order valence-electron chi connectivity index (χ1n) is 10.4. The maximum Gasteiger partial charge on any atom is 0.256 e. The molecule has 0 bridgehead atoms. The molecule has 1 aromatic heterocycles. The van der Waals surface area contributed by atoms with Gasteiger partial charge in [-0.25, -0.2) is 8.42 Å². The molecule has 2 aromatic rings. The molecule has 166 valence electrons. The molecule has 1 aliphatic carbocycles. The van der Waals surface area contributed by atoms with Crippen LogP contribution in [0.25, 0.3) is 11.3 Å². The molecule has 9 nitrogen and oxygen atoms in total. The van der Waals surface area contributed by atoms with Crippen LogP contribution in [0.2, 0.25) is 0 Å². The van der Waals surface area contributed by atoms with E-state index in [2.05, 4.69) is 22.1 Å². The number of rotatable bonds is 7. The van der Waals surface area contributed by atoms with Gasteiger partial charge in [-0.05, 0) is 50.3 Å². The van der Waals surface area contributed by atoms with Gasteiger partial charge in [0.25, 0.3) is 5.91 Å². The van der Waals surface area contributed by atoms with E-state index in [1.165, 1.54) is 6.92 Å². The third-order valence-electron chi connectivity index (χ3n) is 5.96. The van der Waals surface area contributed by atoms with Gasteiger partial charge in [0.15, 0.2) is 5.82 Å². The summed E-state index contributed by atoms with van der Waals surface area (Å²) < 4.78 is 28.9. The van der Waals surface area contributed by atoms with Crippen LogP contribution in [-0.4, -0.2) is 46.7 Å². The predicted octanol–water partition coefficient (Wildman–Crippen LogP) is 2.56. The van der Waals surface area contributed by atoms with Crippen molar-refractivity contribution in [3.05, 3.63) is 29.3 Å². The summed E-state index contributed by atoms with van der Waals surface area (Å²) in [6.45, 7) is 5.45. The van der Waals surface area contributed by atoms with Crippen LogP contribution in [0, 0.1) is 5.92 Å². The zero-order valence-electron chi connectivity index (χ0n) is 18.1. The van der Waals surface area contributed by atoms with E-state index in [1.807, 2.05) is 11.0 Å². The average Bonchev–Trinajstić information content (AvgIpc) is 3.40. The maximum absolute atomic E-state index is 13.2. The number of aromatic nitrogens is 2. The lowest BCUT2D eigenvalue weighted by atomic mass is 10.0. The maximum atomic E-state index is 13.2. The summed E-state index contributed by atoms with van der Waals surface area (Å²) in [5.41, 5.74) is 2.90. The minimum atomic E-state index is -3.58. The minimum absolute atomic E-state index is 0.0965. The van der Waals surface area contributed by atoms with E-state index in [9.17, 15) is 18.0 Å². The van der Waals surface area contributed by atoms with Crippen molar-refractivity contribution in [2.24, 2.45) is 13.0 Å². The van der Waals surface area contributed by atoms with Gasteiger partial charge in [-0.2, -0.15) is 5.10 Å². The van der Waals surface area contributed by atoms with Crippen molar-refractivity contribution in [2.45, 2.75) is 46.2 Å². The van der Waals surface area contributed by atoms with Crippen molar-refractivity contribution in [1.29, 1.82) is 0 Å². The van der Waals surface area contributed by atoms with Crippen LogP contribution in [0.5, 0.6) is 0 Å². The quantitative estimate of drug-likeness (QED) is 0.680. The molecule has 0 saturated heterocycles. The number of hydrogen-bond acceptors (Lipinski definition) is 5. The van der Waals surface area contributed by atoms with Gasteiger partial charge in [0.05, 0.1) is 22.7 Å². The molecule has 4 rings (SSSR count). The Hall–Kier alpha value is -2.88. The first-order valence-corrected chi connectivity index (χ1v) is 12.0. The summed E-state index contributed by atoms with van der Waals surface area (Å²) in [5, 5.41) is 6.95. The molecule has 1 aromatic carbocycles. The third-order valence-corrected chi connectivity index (χ3v) is 7.25. The molecule has 2 heterocycles. The van der Waals surface area contributed by atoms with Gasteiger partial charge in [0, 0.05) is 38.2 Å². The zero-order valence-corrected chi connectivity index (χ0v) is 18.9. The Morgan fingerprint density at radius 3 is 2.61 bits per heavy atom. The van der Waals surface area contributed by atoms with Crippen LogP contribution in [0.4, 0.5) is 11.5 Å². The number of amides is 2. The molecular formula is C21H27N5O4S. The van der Waals surface area contributed by atoms with Gasteiger partial charge in [-0.1, -0.05) is 0 Å². The largest absolute Gasteiger partial charge is 0.331 e. The SMILES string of the molecule is CCS(=O)(=O)Nc1cc(-c2cc(NC(C)=O)nn2C)cc2c1C(=O)N([C@@H](C)C1CC1)C2. The summed E-state index contributed by atoms with van der Waals surface area (Å²) in [5.74, 6) is 0.442. The van der Waals surface area contributed by atoms with Crippen LogP contribution in [0.1, 0.15) is 49.5 Å². The van der Waals surface area contributed by atoms with Crippen molar-refractivity contribution in [3.63, 3.8) is 0 Å². The Morgan fingerprint density at radius 1 is 1.29 bits per heavy atom. The van der Waals surface area contributed by atoms with Gasteiger partial charge >= 0.3 is 0 Å². The monoisotopic (exact) mass is 445 g/mol. The van der Waals surface area contributed by atoms with Crippen LogP contribution in [-0.2, 0) is 28.4 Å². The fraction of sp³-hybridized carbons (Fsp3) is 0.476. The number of fused-ring (bicyclic) bond motifs is 1. The summed E-state index contributed by atoms with van der Waals surface area (Å²) in [7, 11) is -1.83. The molecule has 0 unspecified atom stereocenters. The number of carbonyl (C=O) groups excluding carboxylic acids is 2. The zero-order chi connectivity index (χ0) is 22.5. The molecule has 10 heteroatoms. The summed E-state index contributed by atoms with van der Waals surface area (Å²) in [4.78, 5) is 26.5. The topological polar surface area (TPSA) is 113 Å². The molecule has 31 heavy (non-hydrogen) atoms. The van der Waals surface area contributed by atoms with Crippen molar-refractivity contribution >= 4 is 33.3 Å². The summed E-state index contributed by atoms with van der Waals surface area (Å²) in [6.07, 6.45) is 2.23. The number of nitrogens with zero attached hydrogens (tertiary/aromatic N) is 3. The Bertz CT molecular complexity index is 1170. The number of anilines is 2. The van der Waals surface area contributed by atoms with Gasteiger partial charge in [-0.3, -0.25) is 19.0 Å². The molecule has 2 amide bonds. The molecule has 1 aliphatic heterocycles. The fourth-order valence-electron chi connectivity index (χ4n) is 4.09.